The van der Waals surface area contributed by atoms with E-state index in [9.17, 15) is 9.59 Å². The lowest BCUT2D eigenvalue weighted by Crippen LogP contribution is -2.48. The summed E-state index contributed by atoms with van der Waals surface area (Å²) in [6.45, 7) is 1.97. The van der Waals surface area contributed by atoms with Gasteiger partial charge in [-0.3, -0.25) is 0 Å². The maximum absolute atomic E-state index is 12.8. The topological polar surface area (TPSA) is 87.5 Å². The molecule has 1 aromatic carbocycles. The average Bonchev–Trinajstić information content (AvgIpc) is 2.83. The molecule has 4 amide bonds. The van der Waals surface area contributed by atoms with Crippen LogP contribution in [-0.2, 0) is 6.42 Å². The predicted molar refractivity (Wildman–Crippen MR) is 97.2 cm³/mol. The first kappa shape index (κ1) is 17.6. The Bertz CT molecular complexity index is 619. The molecule has 1 aliphatic heterocycles. The summed E-state index contributed by atoms with van der Waals surface area (Å²) in [7, 11) is 0. The van der Waals surface area contributed by atoms with Gasteiger partial charge in [0.25, 0.3) is 0 Å². The minimum atomic E-state index is -0.503. The fourth-order valence-corrected chi connectivity index (χ4v) is 3.97. The minimum absolute atomic E-state index is 0.00507. The van der Waals surface area contributed by atoms with Crippen LogP contribution in [0.1, 0.15) is 49.3 Å². The predicted octanol–water partition coefficient (Wildman–Crippen LogP) is 2.54. The highest BCUT2D eigenvalue weighted by Gasteiger charge is 2.27. The molecule has 136 valence electrons. The first-order valence-corrected chi connectivity index (χ1v) is 9.30. The molecular weight excluding hydrogens is 316 g/mol. The van der Waals surface area contributed by atoms with Crippen LogP contribution in [0.2, 0.25) is 0 Å². The Labute approximate surface area is 149 Å². The normalized spacial score (nSPS) is 23.3. The number of nitrogens with one attached hydrogen (secondary N) is 2. The molecule has 0 aromatic heterocycles. The molecular formula is C19H28N4O2. The summed E-state index contributed by atoms with van der Waals surface area (Å²) in [4.78, 5) is 25.5. The Morgan fingerprint density at radius 1 is 1.16 bits per heavy atom. The zero-order valence-electron chi connectivity index (χ0n) is 14.7. The van der Waals surface area contributed by atoms with Crippen LogP contribution in [0.5, 0.6) is 0 Å². The molecule has 0 spiro atoms. The summed E-state index contributed by atoms with van der Waals surface area (Å²) < 4.78 is 0. The van der Waals surface area contributed by atoms with Crippen LogP contribution < -0.4 is 16.4 Å². The maximum atomic E-state index is 12.8. The van der Waals surface area contributed by atoms with Gasteiger partial charge in [-0.1, -0.05) is 30.7 Å². The number of likely N-dealkylation sites (tertiary alicyclic amines) is 1. The van der Waals surface area contributed by atoms with Gasteiger partial charge in [0, 0.05) is 19.6 Å². The van der Waals surface area contributed by atoms with E-state index >= 15 is 0 Å². The zero-order valence-corrected chi connectivity index (χ0v) is 14.7. The lowest BCUT2D eigenvalue weighted by molar-refractivity contribution is 0.161. The van der Waals surface area contributed by atoms with Crippen molar-refractivity contribution in [1.29, 1.82) is 0 Å². The second-order valence-electron chi connectivity index (χ2n) is 7.15. The number of rotatable bonds is 3. The highest BCUT2D eigenvalue weighted by atomic mass is 16.2. The van der Waals surface area contributed by atoms with Gasteiger partial charge in [0.15, 0.2) is 0 Å². The second kappa shape index (κ2) is 8.23. The van der Waals surface area contributed by atoms with Crippen LogP contribution in [-0.4, -0.2) is 36.6 Å². The number of fused-ring (bicyclic) bond motifs is 1. The Morgan fingerprint density at radius 2 is 2.00 bits per heavy atom. The maximum Gasteiger partial charge on any atom is 0.317 e. The van der Waals surface area contributed by atoms with Crippen LogP contribution in [0.15, 0.2) is 24.3 Å². The molecule has 1 fully saturated rings. The number of urea groups is 2. The summed E-state index contributed by atoms with van der Waals surface area (Å²) in [6.07, 6.45) is 6.35. The number of carbonyl (C=O) groups is 2. The third-order valence-corrected chi connectivity index (χ3v) is 5.29. The summed E-state index contributed by atoms with van der Waals surface area (Å²) in [6, 6.07) is 8.03. The Morgan fingerprint density at radius 3 is 2.84 bits per heavy atom. The number of nitrogens with two attached hydrogens (primary N) is 1. The number of carbonyl (C=O) groups excluding carboxylic acids is 2. The number of hydrogen-bond acceptors (Lipinski definition) is 2. The van der Waals surface area contributed by atoms with E-state index < -0.39 is 6.03 Å². The highest BCUT2D eigenvalue weighted by molar-refractivity contribution is 5.75. The van der Waals surface area contributed by atoms with Gasteiger partial charge in [0.2, 0.25) is 0 Å². The summed E-state index contributed by atoms with van der Waals surface area (Å²) >= 11 is 0. The molecule has 2 aliphatic rings. The number of benzene rings is 1. The molecule has 2 atom stereocenters. The highest BCUT2D eigenvalue weighted by Crippen LogP contribution is 2.29. The molecule has 0 unspecified atom stereocenters. The Balaban J connectivity index is 1.61. The van der Waals surface area contributed by atoms with Crippen molar-refractivity contribution in [3.05, 3.63) is 35.4 Å². The van der Waals surface area contributed by atoms with Gasteiger partial charge in [-0.25, -0.2) is 9.59 Å². The second-order valence-corrected chi connectivity index (χ2v) is 7.15. The summed E-state index contributed by atoms with van der Waals surface area (Å²) in [5.41, 5.74) is 7.76. The van der Waals surface area contributed by atoms with E-state index in [4.69, 9.17) is 5.73 Å². The molecule has 1 aromatic rings. The van der Waals surface area contributed by atoms with E-state index in [2.05, 4.69) is 34.9 Å². The quantitative estimate of drug-likeness (QED) is 0.736. The van der Waals surface area contributed by atoms with Gasteiger partial charge in [0.05, 0.1) is 6.04 Å². The molecule has 1 heterocycles. The van der Waals surface area contributed by atoms with E-state index in [1.54, 1.807) is 0 Å². The summed E-state index contributed by atoms with van der Waals surface area (Å²) in [5.74, 6) is 0.272. The van der Waals surface area contributed by atoms with Crippen LogP contribution in [0.3, 0.4) is 0 Å². The van der Waals surface area contributed by atoms with Crippen molar-refractivity contribution in [3.63, 3.8) is 0 Å². The van der Waals surface area contributed by atoms with Crippen molar-refractivity contribution in [3.8, 4) is 0 Å². The Kier molecular flexibility index (Phi) is 5.79. The fraction of sp³-hybridized carbons (Fsp3) is 0.579. The molecule has 6 nitrogen and oxygen atoms in total. The lowest BCUT2D eigenvalue weighted by Gasteiger charge is -2.34. The number of aryl methyl sites for hydroxylation is 1. The van der Waals surface area contributed by atoms with Crippen molar-refractivity contribution in [2.75, 3.05) is 19.6 Å². The largest absolute Gasteiger partial charge is 0.352 e. The van der Waals surface area contributed by atoms with Crippen LogP contribution in [0.25, 0.3) is 0 Å². The standard InChI is InChI=1S/C19H28N4O2/c20-18(24)21-12-14-6-5-11-23(13-14)19(25)22-17-10-4-2-8-15-7-1-3-9-16(15)17/h1,3,7,9,14,17H,2,4-6,8,10-13H2,(H,22,25)(H3,20,21,24)/t14-,17-/m1/s1. The van der Waals surface area contributed by atoms with E-state index in [0.717, 1.165) is 38.6 Å². The molecule has 1 saturated heterocycles. The average molecular weight is 344 g/mol. The third-order valence-electron chi connectivity index (χ3n) is 5.29. The van der Waals surface area contributed by atoms with Gasteiger partial charge < -0.3 is 21.3 Å². The molecule has 0 radical (unpaired) electrons. The number of nitrogens with zero attached hydrogens (tertiary/aromatic N) is 1. The van der Waals surface area contributed by atoms with Crippen LogP contribution >= 0.6 is 0 Å². The van der Waals surface area contributed by atoms with E-state index in [0.29, 0.717) is 13.1 Å². The molecule has 0 saturated carbocycles. The van der Waals surface area contributed by atoms with Crippen LogP contribution in [0.4, 0.5) is 9.59 Å². The lowest BCUT2D eigenvalue weighted by atomic mass is 9.97. The first-order chi connectivity index (χ1) is 12.1. The Hall–Kier alpha value is -2.24. The molecule has 0 bridgehead atoms. The number of hydrogen-bond donors (Lipinski definition) is 3. The molecule has 1 aliphatic carbocycles. The monoisotopic (exact) mass is 344 g/mol. The molecule has 4 N–H and O–H groups in total. The molecule has 6 heteroatoms. The minimum Gasteiger partial charge on any atom is -0.352 e. The number of piperidine rings is 1. The van der Waals surface area contributed by atoms with Crippen LogP contribution in [0, 0.1) is 5.92 Å². The van der Waals surface area contributed by atoms with Gasteiger partial charge in [-0.2, -0.15) is 0 Å². The summed E-state index contributed by atoms with van der Waals surface area (Å²) in [5, 5.41) is 5.90. The number of primary amides is 1. The zero-order chi connectivity index (χ0) is 17.6. The first-order valence-electron chi connectivity index (χ1n) is 9.30. The third kappa shape index (κ3) is 4.65. The van der Waals surface area contributed by atoms with Gasteiger partial charge in [-0.05, 0) is 49.1 Å². The van der Waals surface area contributed by atoms with E-state index in [-0.39, 0.29) is 18.0 Å². The number of amides is 4. The van der Waals surface area contributed by atoms with Gasteiger partial charge in [0.1, 0.15) is 0 Å². The van der Waals surface area contributed by atoms with Crippen molar-refractivity contribution in [1.82, 2.24) is 15.5 Å². The molecule has 3 rings (SSSR count). The van der Waals surface area contributed by atoms with Crippen molar-refractivity contribution in [2.24, 2.45) is 11.7 Å². The van der Waals surface area contributed by atoms with Crippen molar-refractivity contribution < 1.29 is 9.59 Å². The SMILES string of the molecule is NC(=O)NC[C@H]1CCCN(C(=O)N[C@@H]2CCCCc3ccccc32)C1. The van der Waals surface area contributed by atoms with E-state index in [1.165, 1.54) is 17.5 Å². The fourth-order valence-electron chi connectivity index (χ4n) is 3.97. The van der Waals surface area contributed by atoms with Gasteiger partial charge >= 0.3 is 12.1 Å². The van der Waals surface area contributed by atoms with Gasteiger partial charge in [-0.15, -0.1) is 0 Å². The van der Waals surface area contributed by atoms with Crippen molar-refractivity contribution in [2.45, 2.75) is 44.6 Å². The van der Waals surface area contributed by atoms with E-state index in [1.807, 2.05) is 4.90 Å². The molecule has 25 heavy (non-hydrogen) atoms. The smallest absolute Gasteiger partial charge is 0.317 e. The van der Waals surface area contributed by atoms with Crippen molar-refractivity contribution >= 4 is 12.1 Å².